The van der Waals surface area contributed by atoms with Crippen LogP contribution in [0.25, 0.3) is 10.9 Å². The first-order chi connectivity index (χ1) is 11.7. The maximum Gasteiger partial charge on any atom is 0.220 e. The summed E-state index contributed by atoms with van der Waals surface area (Å²) >= 11 is 5.18. The summed E-state index contributed by atoms with van der Waals surface area (Å²) < 4.78 is 1.68. The molecule has 0 bridgehead atoms. The zero-order valence-corrected chi connectivity index (χ0v) is 14.1. The molecule has 122 valence electrons. The second-order valence-electron chi connectivity index (χ2n) is 5.42. The van der Waals surface area contributed by atoms with Crippen molar-refractivity contribution in [2.75, 3.05) is 6.54 Å². The molecule has 0 aliphatic carbocycles. The summed E-state index contributed by atoms with van der Waals surface area (Å²) in [5, 5.41) is 22.6. The summed E-state index contributed by atoms with van der Waals surface area (Å²) in [4.78, 5) is 0. The minimum Gasteiger partial charge on any atom is -0.493 e. The van der Waals surface area contributed by atoms with Crippen molar-refractivity contribution >= 4 is 33.9 Å². The Balaban J connectivity index is 1.65. The van der Waals surface area contributed by atoms with Crippen molar-refractivity contribution < 1.29 is 5.11 Å². The highest BCUT2D eigenvalue weighted by Gasteiger charge is 2.13. The first-order valence-corrected chi connectivity index (χ1v) is 8.07. The number of aromatic nitrogens is 1. The summed E-state index contributed by atoms with van der Waals surface area (Å²) in [5.74, 6) is 0.0760. The van der Waals surface area contributed by atoms with E-state index in [4.69, 9.17) is 12.2 Å². The van der Waals surface area contributed by atoms with Crippen LogP contribution < -0.4 is 5.32 Å². The Bertz CT molecular complexity index is 887. The molecular weight excluding hydrogens is 320 g/mol. The van der Waals surface area contributed by atoms with Crippen molar-refractivity contribution in [1.82, 2.24) is 9.88 Å². The largest absolute Gasteiger partial charge is 0.493 e. The molecule has 0 aliphatic rings. The predicted molar refractivity (Wildman–Crippen MR) is 99.8 cm³/mol. The fourth-order valence-electron chi connectivity index (χ4n) is 2.55. The Morgan fingerprint density at radius 1 is 1.12 bits per heavy atom. The second kappa shape index (κ2) is 7.23. The summed E-state index contributed by atoms with van der Waals surface area (Å²) in [6.07, 6.45) is 0.857. The smallest absolute Gasteiger partial charge is 0.220 e. The van der Waals surface area contributed by atoms with Gasteiger partial charge in [-0.3, -0.25) is 0 Å². The van der Waals surface area contributed by atoms with Gasteiger partial charge < -0.3 is 15.0 Å². The number of nitrogens with zero attached hydrogens (tertiary/aromatic N) is 3. The molecule has 2 N–H and O–H groups in total. The molecule has 0 unspecified atom stereocenters. The van der Waals surface area contributed by atoms with Crippen molar-refractivity contribution in [3.05, 3.63) is 60.2 Å². The topological polar surface area (TPSA) is 61.9 Å². The van der Waals surface area contributed by atoms with Crippen LogP contribution in [0.4, 0.5) is 5.69 Å². The summed E-state index contributed by atoms with van der Waals surface area (Å²) in [6.45, 7) is 0.684. The van der Waals surface area contributed by atoms with Gasteiger partial charge in [0.1, 0.15) is 0 Å². The van der Waals surface area contributed by atoms with Gasteiger partial charge >= 0.3 is 0 Å². The minimum atomic E-state index is 0.0760. The number of benzene rings is 2. The molecule has 0 amide bonds. The van der Waals surface area contributed by atoms with Crippen molar-refractivity contribution in [2.24, 2.45) is 17.3 Å². The van der Waals surface area contributed by atoms with Gasteiger partial charge in [-0.1, -0.05) is 48.5 Å². The van der Waals surface area contributed by atoms with E-state index in [1.54, 1.807) is 11.6 Å². The third-order valence-electron chi connectivity index (χ3n) is 3.82. The molecule has 0 aliphatic heterocycles. The number of para-hydroxylation sites is 1. The number of hydrogen-bond acceptors (Lipinski definition) is 3. The highest BCUT2D eigenvalue weighted by molar-refractivity contribution is 7.80. The molecule has 3 aromatic rings. The number of rotatable bonds is 4. The normalized spacial score (nSPS) is 11.2. The lowest BCUT2D eigenvalue weighted by Gasteiger charge is -2.03. The van der Waals surface area contributed by atoms with Gasteiger partial charge in [0.25, 0.3) is 0 Å². The molecule has 6 heteroatoms. The minimum absolute atomic E-state index is 0.0760. The van der Waals surface area contributed by atoms with Gasteiger partial charge in [0.15, 0.2) is 5.69 Å². The molecule has 2 aromatic carbocycles. The monoisotopic (exact) mass is 338 g/mol. The fourth-order valence-corrected chi connectivity index (χ4v) is 2.69. The van der Waals surface area contributed by atoms with Crippen molar-refractivity contribution in [2.45, 2.75) is 6.42 Å². The molecule has 3 rings (SSSR count). The van der Waals surface area contributed by atoms with Crippen molar-refractivity contribution in [1.29, 1.82) is 0 Å². The lowest BCUT2D eigenvalue weighted by molar-refractivity contribution is 0.436. The molecule has 0 fully saturated rings. The third-order valence-corrected chi connectivity index (χ3v) is 4.05. The van der Waals surface area contributed by atoms with Crippen molar-refractivity contribution in [3.8, 4) is 5.88 Å². The quantitative estimate of drug-likeness (QED) is 0.556. The highest BCUT2D eigenvalue weighted by atomic mass is 32.1. The molecule has 0 saturated heterocycles. The number of hydrogen-bond donors (Lipinski definition) is 2. The molecule has 1 aromatic heterocycles. The van der Waals surface area contributed by atoms with Crippen molar-refractivity contribution in [3.63, 3.8) is 0 Å². The Hall–Kier alpha value is -2.73. The number of azo groups is 1. The van der Waals surface area contributed by atoms with Crippen LogP contribution in [-0.4, -0.2) is 21.3 Å². The predicted octanol–water partition coefficient (Wildman–Crippen LogP) is 4.08. The van der Waals surface area contributed by atoms with Gasteiger partial charge in [-0.25, -0.2) is 0 Å². The van der Waals surface area contributed by atoms with Crippen LogP contribution in [0.3, 0.4) is 0 Å². The zero-order chi connectivity index (χ0) is 16.9. The lowest BCUT2D eigenvalue weighted by Crippen LogP contribution is -2.21. The average molecular weight is 338 g/mol. The Labute approximate surface area is 145 Å². The van der Waals surface area contributed by atoms with E-state index in [2.05, 4.69) is 27.7 Å². The van der Waals surface area contributed by atoms with E-state index in [1.807, 2.05) is 42.5 Å². The molecule has 1 heterocycles. The van der Waals surface area contributed by atoms with E-state index >= 15 is 0 Å². The SMILES string of the molecule is Cn1c(O)c(N=NC(=S)NCCc2ccccc2)c2ccccc21. The second-order valence-corrected chi connectivity index (χ2v) is 5.80. The number of aryl methyl sites for hydroxylation is 1. The first-order valence-electron chi connectivity index (χ1n) is 7.66. The van der Waals surface area contributed by atoms with Crippen LogP contribution >= 0.6 is 12.2 Å². The molecule has 0 spiro atoms. The van der Waals surface area contributed by atoms with Crippen LogP contribution in [0.1, 0.15) is 5.56 Å². The van der Waals surface area contributed by atoms with Gasteiger partial charge in [0.2, 0.25) is 11.0 Å². The lowest BCUT2D eigenvalue weighted by atomic mass is 10.1. The molecular formula is C18H18N4OS. The van der Waals surface area contributed by atoms with Crippen LogP contribution in [0.15, 0.2) is 64.8 Å². The summed E-state index contributed by atoms with van der Waals surface area (Å²) in [5.41, 5.74) is 2.56. The molecule has 5 nitrogen and oxygen atoms in total. The fraction of sp³-hybridized carbons (Fsp3) is 0.167. The molecule has 0 radical (unpaired) electrons. The van der Waals surface area contributed by atoms with Gasteiger partial charge in [-0.05, 0) is 30.3 Å². The van der Waals surface area contributed by atoms with E-state index in [1.165, 1.54) is 5.56 Å². The van der Waals surface area contributed by atoms with E-state index in [-0.39, 0.29) is 5.88 Å². The Kier molecular flexibility index (Phi) is 4.86. The van der Waals surface area contributed by atoms with Crippen LogP contribution in [-0.2, 0) is 13.5 Å². The van der Waals surface area contributed by atoms with Gasteiger partial charge in [0, 0.05) is 19.0 Å². The standard InChI is InChI=1S/C18H18N4OS/c1-22-15-10-6-5-9-14(15)16(17(22)23)20-21-18(24)19-12-11-13-7-3-2-4-8-13/h2-10,23H,11-12H2,1H3,(H,19,24). The number of thiocarbonyl (C=S) groups is 1. The maximum absolute atomic E-state index is 10.2. The molecule has 0 saturated carbocycles. The van der Waals surface area contributed by atoms with E-state index in [0.717, 1.165) is 17.3 Å². The number of nitrogens with one attached hydrogen (secondary N) is 1. The Morgan fingerprint density at radius 3 is 2.62 bits per heavy atom. The van der Waals surface area contributed by atoms with E-state index < -0.39 is 0 Å². The zero-order valence-electron chi connectivity index (χ0n) is 13.3. The molecule has 24 heavy (non-hydrogen) atoms. The maximum atomic E-state index is 10.2. The van der Waals surface area contributed by atoms with Crippen LogP contribution in [0, 0.1) is 0 Å². The number of fused-ring (bicyclic) bond motifs is 1. The van der Waals surface area contributed by atoms with E-state index in [9.17, 15) is 5.11 Å². The van der Waals surface area contributed by atoms with Gasteiger partial charge in [-0.15, -0.1) is 10.2 Å². The molecule has 0 atom stereocenters. The van der Waals surface area contributed by atoms with Crippen LogP contribution in [0.5, 0.6) is 5.88 Å². The highest BCUT2D eigenvalue weighted by Crippen LogP contribution is 2.37. The van der Waals surface area contributed by atoms with Gasteiger partial charge in [0.05, 0.1) is 5.52 Å². The number of aromatic hydroxyl groups is 1. The summed E-state index contributed by atoms with van der Waals surface area (Å²) in [6, 6.07) is 17.8. The third kappa shape index (κ3) is 3.44. The van der Waals surface area contributed by atoms with Crippen LogP contribution in [0.2, 0.25) is 0 Å². The first kappa shape index (κ1) is 16.1. The summed E-state index contributed by atoms with van der Waals surface area (Å²) in [7, 11) is 1.78. The van der Waals surface area contributed by atoms with E-state index in [0.29, 0.717) is 17.3 Å². The Morgan fingerprint density at radius 2 is 1.83 bits per heavy atom. The average Bonchev–Trinajstić information content (AvgIpc) is 2.85. The van der Waals surface area contributed by atoms with Gasteiger partial charge in [-0.2, -0.15) is 0 Å².